The molecule has 0 aliphatic rings. The van der Waals surface area contributed by atoms with Crippen molar-refractivity contribution in [3.05, 3.63) is 56.4 Å². The first-order chi connectivity index (χ1) is 13.5. The number of thiophene rings is 1. The number of furan rings is 1. The predicted octanol–water partition coefficient (Wildman–Crippen LogP) is 1.44. The fourth-order valence-electron chi connectivity index (χ4n) is 3.06. The van der Waals surface area contributed by atoms with Crippen LogP contribution in [-0.2, 0) is 24.4 Å². The van der Waals surface area contributed by atoms with Gasteiger partial charge in [0.25, 0.3) is 5.56 Å². The van der Waals surface area contributed by atoms with E-state index in [1.807, 2.05) is 13.8 Å². The summed E-state index contributed by atoms with van der Waals surface area (Å²) in [6, 6.07) is 5.20. The summed E-state index contributed by atoms with van der Waals surface area (Å²) in [5.41, 5.74) is -0.119. The molecule has 0 aliphatic heterocycles. The van der Waals surface area contributed by atoms with Crippen LogP contribution >= 0.6 is 11.3 Å². The SMILES string of the molecule is CC(C)Cn1c(=O)c2sccc2n2c(=O)n(CC(=O)NCc3ccco3)nc12. The third-order valence-electron chi connectivity index (χ3n) is 4.27. The van der Waals surface area contributed by atoms with Gasteiger partial charge in [-0.15, -0.1) is 16.4 Å². The Morgan fingerprint density at radius 3 is 2.86 bits per heavy atom. The van der Waals surface area contributed by atoms with E-state index in [0.29, 0.717) is 22.5 Å². The smallest absolute Gasteiger partial charge is 0.352 e. The van der Waals surface area contributed by atoms with E-state index in [4.69, 9.17) is 4.42 Å². The number of carbonyl (C=O) groups is 1. The van der Waals surface area contributed by atoms with Crippen LogP contribution in [0.5, 0.6) is 0 Å². The number of nitrogens with one attached hydrogen (secondary N) is 1. The van der Waals surface area contributed by atoms with Gasteiger partial charge < -0.3 is 9.73 Å². The van der Waals surface area contributed by atoms with E-state index in [9.17, 15) is 14.4 Å². The minimum atomic E-state index is -0.455. The van der Waals surface area contributed by atoms with E-state index >= 15 is 0 Å². The van der Waals surface area contributed by atoms with Gasteiger partial charge in [-0.3, -0.25) is 14.2 Å². The van der Waals surface area contributed by atoms with Crippen molar-refractivity contribution in [2.45, 2.75) is 33.5 Å². The summed E-state index contributed by atoms with van der Waals surface area (Å²) >= 11 is 1.29. The Hall–Kier alpha value is -3.14. The molecule has 4 heterocycles. The average Bonchev–Trinajstić information content (AvgIpc) is 3.38. The molecule has 1 amide bonds. The number of nitrogens with zero attached hydrogens (tertiary/aromatic N) is 4. The summed E-state index contributed by atoms with van der Waals surface area (Å²) in [6.45, 7) is 4.37. The summed E-state index contributed by atoms with van der Waals surface area (Å²) in [5.74, 6) is 0.673. The first kappa shape index (κ1) is 18.2. The highest BCUT2D eigenvalue weighted by Crippen LogP contribution is 2.17. The van der Waals surface area contributed by atoms with Crippen molar-refractivity contribution >= 4 is 33.2 Å². The van der Waals surface area contributed by atoms with Gasteiger partial charge in [0, 0.05) is 6.54 Å². The van der Waals surface area contributed by atoms with Crippen molar-refractivity contribution in [3.8, 4) is 0 Å². The van der Waals surface area contributed by atoms with E-state index in [0.717, 1.165) is 4.68 Å². The Balaban J connectivity index is 1.74. The maximum absolute atomic E-state index is 12.9. The molecule has 0 aromatic carbocycles. The van der Waals surface area contributed by atoms with Gasteiger partial charge in [-0.1, -0.05) is 13.8 Å². The third-order valence-corrected chi connectivity index (χ3v) is 5.16. The molecule has 28 heavy (non-hydrogen) atoms. The summed E-state index contributed by atoms with van der Waals surface area (Å²) in [5, 5.41) is 8.75. The van der Waals surface area contributed by atoms with E-state index < -0.39 is 5.69 Å². The number of carbonyl (C=O) groups excluding carboxylic acids is 1. The zero-order chi connectivity index (χ0) is 19.8. The highest BCUT2D eigenvalue weighted by molar-refractivity contribution is 7.17. The molecule has 0 saturated carbocycles. The second-order valence-electron chi connectivity index (χ2n) is 6.88. The lowest BCUT2D eigenvalue weighted by Gasteiger charge is -2.09. The lowest BCUT2D eigenvalue weighted by atomic mass is 10.2. The van der Waals surface area contributed by atoms with Gasteiger partial charge in [-0.2, -0.15) is 0 Å². The molecule has 146 valence electrons. The number of hydrogen-bond acceptors (Lipinski definition) is 6. The summed E-state index contributed by atoms with van der Waals surface area (Å²) in [7, 11) is 0. The van der Waals surface area contributed by atoms with Crippen molar-refractivity contribution in [1.29, 1.82) is 0 Å². The minimum absolute atomic E-state index is 0.175. The zero-order valence-electron chi connectivity index (χ0n) is 15.4. The van der Waals surface area contributed by atoms with Crippen LogP contribution in [0.4, 0.5) is 0 Å². The van der Waals surface area contributed by atoms with E-state index in [-0.39, 0.29) is 36.3 Å². The fraction of sp³-hybridized carbons (Fsp3) is 0.333. The molecule has 4 aromatic rings. The maximum atomic E-state index is 12.9. The Morgan fingerprint density at radius 2 is 2.14 bits per heavy atom. The molecule has 0 saturated heterocycles. The van der Waals surface area contributed by atoms with Crippen molar-refractivity contribution < 1.29 is 9.21 Å². The van der Waals surface area contributed by atoms with Gasteiger partial charge in [-0.05, 0) is 29.5 Å². The zero-order valence-corrected chi connectivity index (χ0v) is 16.2. The van der Waals surface area contributed by atoms with Gasteiger partial charge in [0.05, 0.1) is 18.3 Å². The molecule has 1 N–H and O–H groups in total. The normalized spacial score (nSPS) is 11.7. The van der Waals surface area contributed by atoms with E-state index in [1.165, 1.54) is 26.6 Å². The monoisotopic (exact) mass is 401 g/mol. The first-order valence-electron chi connectivity index (χ1n) is 8.84. The van der Waals surface area contributed by atoms with E-state index in [2.05, 4.69) is 10.4 Å². The second kappa shape index (κ2) is 7.12. The molecule has 10 heteroatoms. The molecule has 0 radical (unpaired) electrons. The number of fused-ring (bicyclic) bond motifs is 3. The Bertz CT molecular complexity index is 1260. The summed E-state index contributed by atoms with van der Waals surface area (Å²) in [4.78, 5) is 38.0. The summed E-state index contributed by atoms with van der Waals surface area (Å²) in [6.07, 6.45) is 1.52. The first-order valence-corrected chi connectivity index (χ1v) is 9.72. The minimum Gasteiger partial charge on any atom is -0.467 e. The lowest BCUT2D eigenvalue weighted by molar-refractivity contribution is -0.122. The molecule has 4 aromatic heterocycles. The number of hydrogen-bond donors (Lipinski definition) is 1. The van der Waals surface area contributed by atoms with Crippen LogP contribution in [0.1, 0.15) is 19.6 Å². The van der Waals surface area contributed by atoms with Crippen molar-refractivity contribution in [2.75, 3.05) is 0 Å². The Kier molecular flexibility index (Phi) is 4.63. The van der Waals surface area contributed by atoms with Gasteiger partial charge in [0.15, 0.2) is 0 Å². The average molecular weight is 401 g/mol. The molecule has 4 rings (SSSR count). The van der Waals surface area contributed by atoms with Crippen LogP contribution in [0.3, 0.4) is 0 Å². The molecule has 0 unspecified atom stereocenters. The van der Waals surface area contributed by atoms with Crippen LogP contribution in [0.25, 0.3) is 16.0 Å². The van der Waals surface area contributed by atoms with Crippen LogP contribution in [0.2, 0.25) is 0 Å². The quantitative estimate of drug-likeness (QED) is 0.527. The topological polar surface area (TPSA) is 104 Å². The van der Waals surface area contributed by atoms with Gasteiger partial charge >= 0.3 is 5.69 Å². The van der Waals surface area contributed by atoms with Gasteiger partial charge in [0.2, 0.25) is 11.7 Å². The molecule has 0 bridgehead atoms. The van der Waals surface area contributed by atoms with Gasteiger partial charge in [-0.25, -0.2) is 13.9 Å². The lowest BCUT2D eigenvalue weighted by Crippen LogP contribution is -2.32. The largest absolute Gasteiger partial charge is 0.467 e. The molecule has 0 fully saturated rings. The standard InChI is InChI=1S/C18H19N5O4S/c1-11(2)9-21-16(25)15-13(5-7-28-15)23-17(21)20-22(18(23)26)10-14(24)19-8-12-4-3-6-27-12/h3-7,11H,8-10H2,1-2H3,(H,19,24). The predicted molar refractivity (Wildman–Crippen MR) is 104 cm³/mol. The Labute approximate surface area is 162 Å². The molecular formula is C18H19N5O4S. The van der Waals surface area contributed by atoms with Crippen LogP contribution < -0.4 is 16.6 Å². The summed E-state index contributed by atoms with van der Waals surface area (Å²) < 4.78 is 9.65. The van der Waals surface area contributed by atoms with Crippen molar-refractivity contribution in [1.82, 2.24) is 24.1 Å². The van der Waals surface area contributed by atoms with Crippen LogP contribution in [-0.4, -0.2) is 24.7 Å². The number of amides is 1. The van der Waals surface area contributed by atoms with Crippen LogP contribution in [0.15, 0.2) is 43.8 Å². The molecule has 0 spiro atoms. The van der Waals surface area contributed by atoms with E-state index in [1.54, 1.807) is 23.6 Å². The Morgan fingerprint density at radius 1 is 1.32 bits per heavy atom. The van der Waals surface area contributed by atoms with Crippen molar-refractivity contribution in [3.63, 3.8) is 0 Å². The van der Waals surface area contributed by atoms with Crippen LogP contribution in [0, 0.1) is 5.92 Å². The molecule has 0 aliphatic carbocycles. The number of aromatic nitrogens is 4. The molecule has 0 atom stereocenters. The van der Waals surface area contributed by atoms with Crippen molar-refractivity contribution in [2.24, 2.45) is 5.92 Å². The highest BCUT2D eigenvalue weighted by atomic mass is 32.1. The number of rotatable bonds is 6. The third kappa shape index (κ3) is 3.15. The highest BCUT2D eigenvalue weighted by Gasteiger charge is 2.19. The molecular weight excluding hydrogens is 382 g/mol. The molecule has 9 nitrogen and oxygen atoms in total. The second-order valence-corrected chi connectivity index (χ2v) is 7.79. The fourth-order valence-corrected chi connectivity index (χ4v) is 3.88. The van der Waals surface area contributed by atoms with Gasteiger partial charge in [0.1, 0.15) is 17.0 Å². The maximum Gasteiger partial charge on any atom is 0.352 e.